The number of amides is 1. The molecule has 30 heavy (non-hydrogen) atoms. The number of rotatable bonds is 5. The van der Waals surface area contributed by atoms with Crippen LogP contribution in [-0.2, 0) is 14.3 Å². The van der Waals surface area contributed by atoms with E-state index in [2.05, 4.69) is 16.4 Å². The Morgan fingerprint density at radius 1 is 1.17 bits per heavy atom. The van der Waals surface area contributed by atoms with E-state index in [0.717, 1.165) is 31.1 Å². The highest BCUT2D eigenvalue weighted by Gasteiger charge is 2.25. The van der Waals surface area contributed by atoms with Crippen LogP contribution in [0.5, 0.6) is 0 Å². The number of nitrogens with one attached hydrogen (secondary N) is 1. The molecule has 0 saturated heterocycles. The number of hydrogen-bond donors (Lipinski definition) is 1. The highest BCUT2D eigenvalue weighted by molar-refractivity contribution is 5.95. The SMILES string of the molecule is CC(C)(C)OC(=O)COC1CCC(NC(=O)c2ccc3cc(C#N)ccc3n2)CC1. The Hall–Kier alpha value is -2.98. The van der Waals surface area contributed by atoms with E-state index in [1.54, 1.807) is 30.3 Å². The molecule has 2 aromatic rings. The van der Waals surface area contributed by atoms with Gasteiger partial charge < -0.3 is 14.8 Å². The van der Waals surface area contributed by atoms with E-state index < -0.39 is 5.60 Å². The smallest absolute Gasteiger partial charge is 0.332 e. The van der Waals surface area contributed by atoms with E-state index >= 15 is 0 Å². The van der Waals surface area contributed by atoms with E-state index in [-0.39, 0.29) is 30.6 Å². The van der Waals surface area contributed by atoms with Gasteiger partial charge in [-0.3, -0.25) is 4.79 Å². The van der Waals surface area contributed by atoms with Crippen molar-refractivity contribution in [2.45, 2.75) is 64.2 Å². The van der Waals surface area contributed by atoms with E-state index in [1.807, 2.05) is 20.8 Å². The molecular weight excluding hydrogens is 382 g/mol. The van der Waals surface area contributed by atoms with Crippen LogP contribution in [0.4, 0.5) is 0 Å². The number of pyridine rings is 1. The number of carbonyl (C=O) groups excluding carboxylic acids is 2. The quantitative estimate of drug-likeness (QED) is 0.759. The molecule has 0 unspecified atom stereocenters. The Bertz CT molecular complexity index is 967. The van der Waals surface area contributed by atoms with Crippen molar-refractivity contribution in [1.29, 1.82) is 5.26 Å². The first-order valence-electron chi connectivity index (χ1n) is 10.2. The molecule has 0 bridgehead atoms. The number of nitrogens with zero attached hydrogens (tertiary/aromatic N) is 2. The molecule has 0 aliphatic heterocycles. The average Bonchev–Trinajstić information content (AvgIpc) is 2.71. The van der Waals surface area contributed by atoms with Crippen molar-refractivity contribution >= 4 is 22.8 Å². The van der Waals surface area contributed by atoms with Crippen LogP contribution < -0.4 is 5.32 Å². The van der Waals surface area contributed by atoms with Gasteiger partial charge in [-0.1, -0.05) is 6.07 Å². The number of esters is 1. The molecule has 1 aromatic carbocycles. The fraction of sp³-hybridized carbons (Fsp3) is 0.478. The van der Waals surface area contributed by atoms with E-state index in [4.69, 9.17) is 14.7 Å². The Morgan fingerprint density at radius 3 is 2.57 bits per heavy atom. The minimum Gasteiger partial charge on any atom is -0.458 e. The van der Waals surface area contributed by atoms with Crippen molar-refractivity contribution in [2.24, 2.45) is 0 Å². The Balaban J connectivity index is 1.48. The largest absolute Gasteiger partial charge is 0.458 e. The van der Waals surface area contributed by atoms with E-state index in [1.165, 1.54) is 0 Å². The summed E-state index contributed by atoms with van der Waals surface area (Å²) in [5.41, 5.74) is 1.08. The van der Waals surface area contributed by atoms with Crippen LogP contribution in [0.15, 0.2) is 30.3 Å². The van der Waals surface area contributed by atoms with Gasteiger partial charge in [-0.05, 0) is 70.7 Å². The van der Waals surface area contributed by atoms with Crippen molar-refractivity contribution in [2.75, 3.05) is 6.61 Å². The van der Waals surface area contributed by atoms with E-state index in [9.17, 15) is 9.59 Å². The topological polar surface area (TPSA) is 101 Å². The third kappa shape index (κ3) is 6.01. The van der Waals surface area contributed by atoms with Gasteiger partial charge in [0.05, 0.1) is 23.3 Å². The number of hydrogen-bond acceptors (Lipinski definition) is 6. The average molecular weight is 409 g/mol. The van der Waals surface area contributed by atoms with Crippen LogP contribution in [0.1, 0.15) is 62.5 Å². The molecule has 1 amide bonds. The zero-order valence-electron chi connectivity index (χ0n) is 17.6. The fourth-order valence-electron chi connectivity index (χ4n) is 3.51. The Labute approximate surface area is 176 Å². The summed E-state index contributed by atoms with van der Waals surface area (Å²) in [7, 11) is 0. The van der Waals surface area contributed by atoms with Crippen LogP contribution >= 0.6 is 0 Å². The van der Waals surface area contributed by atoms with Crippen molar-refractivity contribution in [3.8, 4) is 6.07 Å². The molecule has 158 valence electrons. The third-order valence-electron chi connectivity index (χ3n) is 4.92. The Kier molecular flexibility index (Phi) is 6.68. The van der Waals surface area contributed by atoms with Gasteiger partial charge in [-0.25, -0.2) is 9.78 Å². The van der Waals surface area contributed by atoms with Gasteiger partial charge in [-0.2, -0.15) is 5.26 Å². The molecule has 1 aromatic heterocycles. The summed E-state index contributed by atoms with van der Waals surface area (Å²) in [6.07, 6.45) is 3.11. The number of nitriles is 1. The van der Waals surface area contributed by atoms with Crippen molar-refractivity contribution in [3.63, 3.8) is 0 Å². The zero-order valence-corrected chi connectivity index (χ0v) is 17.6. The zero-order chi connectivity index (χ0) is 21.7. The second-order valence-corrected chi connectivity index (χ2v) is 8.56. The number of ether oxygens (including phenoxy) is 2. The normalized spacial score (nSPS) is 19.1. The highest BCUT2D eigenvalue weighted by atomic mass is 16.6. The monoisotopic (exact) mass is 409 g/mol. The second kappa shape index (κ2) is 9.23. The van der Waals surface area contributed by atoms with Crippen LogP contribution in [-0.4, -0.2) is 41.2 Å². The minimum absolute atomic E-state index is 0.00112. The molecule has 1 aliphatic rings. The lowest BCUT2D eigenvalue weighted by Gasteiger charge is -2.29. The lowest BCUT2D eigenvalue weighted by molar-refractivity contribution is -0.162. The molecule has 1 heterocycles. The summed E-state index contributed by atoms with van der Waals surface area (Å²) in [5.74, 6) is -0.568. The summed E-state index contributed by atoms with van der Waals surface area (Å²) in [4.78, 5) is 28.8. The number of fused-ring (bicyclic) bond motifs is 1. The van der Waals surface area contributed by atoms with Crippen LogP contribution in [0.2, 0.25) is 0 Å². The molecule has 0 spiro atoms. The van der Waals surface area contributed by atoms with Crippen LogP contribution in [0, 0.1) is 11.3 Å². The van der Waals surface area contributed by atoms with Gasteiger partial charge in [-0.15, -0.1) is 0 Å². The summed E-state index contributed by atoms with van der Waals surface area (Å²) in [6, 6.07) is 10.8. The van der Waals surface area contributed by atoms with Crippen molar-refractivity contribution < 1.29 is 19.1 Å². The summed E-state index contributed by atoms with van der Waals surface area (Å²) in [5, 5.41) is 12.8. The maximum absolute atomic E-state index is 12.6. The number of benzene rings is 1. The highest BCUT2D eigenvalue weighted by Crippen LogP contribution is 2.22. The molecule has 1 fully saturated rings. The lowest BCUT2D eigenvalue weighted by Crippen LogP contribution is -2.39. The maximum Gasteiger partial charge on any atom is 0.332 e. The van der Waals surface area contributed by atoms with Crippen molar-refractivity contribution in [3.05, 3.63) is 41.6 Å². The minimum atomic E-state index is -0.517. The molecule has 3 rings (SSSR count). The molecule has 1 N–H and O–H groups in total. The second-order valence-electron chi connectivity index (χ2n) is 8.56. The number of carbonyl (C=O) groups is 2. The first kappa shape index (κ1) is 21.7. The maximum atomic E-state index is 12.6. The van der Waals surface area contributed by atoms with Gasteiger partial charge in [0.1, 0.15) is 17.9 Å². The van der Waals surface area contributed by atoms with Crippen molar-refractivity contribution in [1.82, 2.24) is 10.3 Å². The molecular formula is C23H27N3O4. The molecule has 0 radical (unpaired) electrons. The molecule has 7 heteroatoms. The molecule has 1 saturated carbocycles. The van der Waals surface area contributed by atoms with Crippen LogP contribution in [0.25, 0.3) is 10.9 Å². The first-order valence-corrected chi connectivity index (χ1v) is 10.2. The van der Waals surface area contributed by atoms with Gasteiger partial charge in [0.15, 0.2) is 0 Å². The summed E-state index contributed by atoms with van der Waals surface area (Å²) < 4.78 is 10.9. The first-order chi connectivity index (χ1) is 14.2. The van der Waals surface area contributed by atoms with Gasteiger partial charge in [0, 0.05) is 11.4 Å². The van der Waals surface area contributed by atoms with Crippen LogP contribution in [0.3, 0.4) is 0 Å². The standard InChI is InChI=1S/C23H27N3O4/c1-23(2,3)30-21(27)14-29-18-8-6-17(7-9-18)25-22(28)20-11-5-16-12-15(13-24)4-10-19(16)26-20/h4-5,10-12,17-18H,6-9,14H2,1-3H3,(H,25,28). The fourth-order valence-corrected chi connectivity index (χ4v) is 3.51. The lowest BCUT2D eigenvalue weighted by atomic mass is 9.93. The van der Waals surface area contributed by atoms with Gasteiger partial charge >= 0.3 is 5.97 Å². The van der Waals surface area contributed by atoms with Gasteiger partial charge in [0.25, 0.3) is 5.91 Å². The molecule has 7 nitrogen and oxygen atoms in total. The van der Waals surface area contributed by atoms with E-state index in [0.29, 0.717) is 16.8 Å². The molecule has 1 aliphatic carbocycles. The van der Waals surface area contributed by atoms with Gasteiger partial charge in [0.2, 0.25) is 0 Å². The number of aromatic nitrogens is 1. The molecule has 0 atom stereocenters. The Morgan fingerprint density at radius 2 is 1.90 bits per heavy atom. The predicted molar refractivity (Wildman–Crippen MR) is 112 cm³/mol. The summed E-state index contributed by atoms with van der Waals surface area (Å²) >= 11 is 0. The third-order valence-corrected chi connectivity index (χ3v) is 4.92. The summed E-state index contributed by atoms with van der Waals surface area (Å²) in [6.45, 7) is 5.43. The predicted octanol–water partition coefficient (Wildman–Crippen LogP) is 3.51.